The standard InChI is InChI=1S/C22H28N4O2S/c1-24-11-13-25(14-12-24)20(27)17-7-8-18-19(15-17)23-22(29)26(21(18)28)10-9-16-5-3-2-4-6-16/h5,7-8,15H,2-4,6,9-14H2,1H3,(H,23,29)/p+1. The molecule has 2 heterocycles. The van der Waals surface area contributed by atoms with Crippen LogP contribution in [0.4, 0.5) is 0 Å². The zero-order valence-corrected chi connectivity index (χ0v) is 17.8. The Balaban J connectivity index is 1.58. The summed E-state index contributed by atoms with van der Waals surface area (Å²) in [5.41, 5.74) is 2.58. The van der Waals surface area contributed by atoms with Crippen LogP contribution in [0.15, 0.2) is 34.6 Å². The van der Waals surface area contributed by atoms with Crippen LogP contribution >= 0.6 is 12.2 Å². The lowest BCUT2D eigenvalue weighted by Gasteiger charge is -2.30. The Kier molecular flexibility index (Phi) is 5.96. The van der Waals surface area contributed by atoms with Crippen molar-refractivity contribution in [3.05, 3.63) is 50.5 Å². The molecule has 2 aliphatic rings. The number of piperazine rings is 1. The molecule has 0 spiro atoms. The molecule has 154 valence electrons. The maximum absolute atomic E-state index is 13.0. The van der Waals surface area contributed by atoms with Crippen LogP contribution in [0.1, 0.15) is 42.5 Å². The number of hydrogen-bond acceptors (Lipinski definition) is 3. The lowest BCUT2D eigenvalue weighted by Crippen LogP contribution is -3.12. The molecule has 2 N–H and O–H groups in total. The number of nitrogens with zero attached hydrogens (tertiary/aromatic N) is 2. The molecule has 1 saturated heterocycles. The van der Waals surface area contributed by atoms with Crippen molar-refractivity contribution in [1.29, 1.82) is 0 Å². The number of aromatic nitrogens is 2. The minimum absolute atomic E-state index is 0.0205. The third-order valence-corrected chi connectivity index (χ3v) is 6.50. The monoisotopic (exact) mass is 413 g/mol. The van der Waals surface area contributed by atoms with E-state index < -0.39 is 0 Å². The Bertz CT molecular complexity index is 1060. The van der Waals surface area contributed by atoms with E-state index in [1.807, 2.05) is 4.90 Å². The number of H-pyrrole nitrogens is 1. The van der Waals surface area contributed by atoms with E-state index in [4.69, 9.17) is 12.2 Å². The molecule has 0 saturated carbocycles. The van der Waals surface area contributed by atoms with Crippen LogP contribution < -0.4 is 10.5 Å². The number of hydrogen-bond donors (Lipinski definition) is 2. The highest BCUT2D eigenvalue weighted by atomic mass is 32.1. The van der Waals surface area contributed by atoms with Gasteiger partial charge in [0.25, 0.3) is 11.5 Å². The summed E-state index contributed by atoms with van der Waals surface area (Å²) in [5, 5.41) is 0.579. The van der Waals surface area contributed by atoms with Crippen LogP contribution in [0.25, 0.3) is 10.9 Å². The molecule has 1 aromatic heterocycles. The highest BCUT2D eigenvalue weighted by molar-refractivity contribution is 7.71. The van der Waals surface area contributed by atoms with Crippen LogP contribution in [-0.2, 0) is 6.54 Å². The first kappa shape index (κ1) is 20.0. The first-order valence-corrected chi connectivity index (χ1v) is 11.0. The van der Waals surface area contributed by atoms with E-state index in [2.05, 4.69) is 18.1 Å². The molecule has 1 fully saturated rings. The first-order valence-electron chi connectivity index (χ1n) is 10.6. The van der Waals surface area contributed by atoms with Crippen LogP contribution in [0, 0.1) is 4.77 Å². The number of amides is 1. The zero-order valence-electron chi connectivity index (χ0n) is 17.0. The third kappa shape index (κ3) is 4.36. The molecule has 1 aliphatic heterocycles. The SMILES string of the molecule is C[NH+]1CCN(C(=O)c2ccc3c(=O)n(CCC4=CCCCC4)c(=S)[nH]c3c2)CC1. The molecular weight excluding hydrogens is 384 g/mol. The number of benzene rings is 1. The molecule has 0 atom stereocenters. The van der Waals surface area contributed by atoms with E-state index in [1.54, 1.807) is 22.8 Å². The van der Waals surface area contributed by atoms with Gasteiger partial charge in [0.2, 0.25) is 0 Å². The molecule has 0 radical (unpaired) electrons. The lowest BCUT2D eigenvalue weighted by molar-refractivity contribution is -0.883. The Morgan fingerprint density at radius 2 is 2.03 bits per heavy atom. The highest BCUT2D eigenvalue weighted by Gasteiger charge is 2.23. The van der Waals surface area contributed by atoms with Crippen molar-refractivity contribution in [2.75, 3.05) is 33.2 Å². The number of fused-ring (bicyclic) bond motifs is 1. The normalized spacial score (nSPS) is 18.1. The summed E-state index contributed by atoms with van der Waals surface area (Å²) in [6.45, 7) is 4.04. The van der Waals surface area contributed by atoms with E-state index in [-0.39, 0.29) is 11.5 Å². The van der Waals surface area contributed by atoms with Crippen molar-refractivity contribution in [1.82, 2.24) is 14.5 Å². The second-order valence-electron chi connectivity index (χ2n) is 8.25. The van der Waals surface area contributed by atoms with Gasteiger partial charge in [-0.3, -0.25) is 14.2 Å². The van der Waals surface area contributed by atoms with Crippen LogP contribution in [0.3, 0.4) is 0 Å². The number of allylic oxidation sites excluding steroid dienone is 2. The third-order valence-electron chi connectivity index (χ3n) is 6.17. The summed E-state index contributed by atoms with van der Waals surface area (Å²) in [6, 6.07) is 5.30. The van der Waals surface area contributed by atoms with Gasteiger partial charge in [-0.2, -0.15) is 0 Å². The van der Waals surface area contributed by atoms with Crippen LogP contribution in [0.2, 0.25) is 0 Å². The number of aromatic amines is 1. The van der Waals surface area contributed by atoms with Gasteiger partial charge >= 0.3 is 0 Å². The minimum atomic E-state index is -0.0812. The second-order valence-corrected chi connectivity index (χ2v) is 8.64. The fourth-order valence-electron chi connectivity index (χ4n) is 4.25. The lowest BCUT2D eigenvalue weighted by atomic mass is 9.97. The van der Waals surface area contributed by atoms with Gasteiger partial charge in [0.1, 0.15) is 0 Å². The Hall–Kier alpha value is -2.25. The van der Waals surface area contributed by atoms with E-state index in [9.17, 15) is 9.59 Å². The summed E-state index contributed by atoms with van der Waals surface area (Å²) in [5.74, 6) is 0.0205. The Morgan fingerprint density at radius 3 is 2.76 bits per heavy atom. The van der Waals surface area contributed by atoms with Crippen molar-refractivity contribution in [2.24, 2.45) is 0 Å². The van der Waals surface area contributed by atoms with Crippen molar-refractivity contribution in [3.8, 4) is 0 Å². The number of quaternary nitrogens is 1. The molecule has 4 rings (SSSR count). The van der Waals surface area contributed by atoms with Gasteiger partial charge in [0.15, 0.2) is 4.77 Å². The van der Waals surface area contributed by atoms with Crippen LogP contribution in [-0.4, -0.2) is 53.6 Å². The number of nitrogens with one attached hydrogen (secondary N) is 2. The van der Waals surface area contributed by atoms with Gasteiger partial charge in [0.05, 0.1) is 44.1 Å². The van der Waals surface area contributed by atoms with Gasteiger partial charge in [-0.15, -0.1) is 0 Å². The molecule has 1 aromatic carbocycles. The smallest absolute Gasteiger partial charge is 0.262 e. The molecule has 0 bridgehead atoms. The van der Waals surface area contributed by atoms with Crippen molar-refractivity contribution in [2.45, 2.75) is 38.6 Å². The summed E-state index contributed by atoms with van der Waals surface area (Å²) in [4.78, 5) is 32.4. The maximum atomic E-state index is 13.0. The van der Waals surface area contributed by atoms with Crippen LogP contribution in [0.5, 0.6) is 0 Å². The summed E-state index contributed by atoms with van der Waals surface area (Å²) >= 11 is 5.47. The highest BCUT2D eigenvalue weighted by Crippen LogP contribution is 2.20. The quantitative estimate of drug-likeness (QED) is 0.595. The van der Waals surface area contributed by atoms with E-state index in [1.165, 1.54) is 23.3 Å². The summed E-state index contributed by atoms with van der Waals surface area (Å²) in [6.07, 6.45) is 7.93. The average molecular weight is 414 g/mol. The van der Waals surface area contributed by atoms with Gasteiger partial charge in [-0.25, -0.2) is 0 Å². The molecule has 0 unspecified atom stereocenters. The topological polar surface area (TPSA) is 62.5 Å². The number of rotatable bonds is 4. The fraction of sp³-hybridized carbons (Fsp3) is 0.500. The van der Waals surface area contributed by atoms with Crippen molar-refractivity contribution >= 4 is 29.0 Å². The Morgan fingerprint density at radius 1 is 1.24 bits per heavy atom. The van der Waals surface area contributed by atoms with E-state index in [0.717, 1.165) is 45.4 Å². The van der Waals surface area contributed by atoms with E-state index >= 15 is 0 Å². The average Bonchev–Trinajstić information content (AvgIpc) is 2.74. The molecule has 2 aromatic rings. The predicted molar refractivity (Wildman–Crippen MR) is 117 cm³/mol. The first-order chi connectivity index (χ1) is 14.0. The van der Waals surface area contributed by atoms with Gasteiger partial charge < -0.3 is 14.8 Å². The fourth-order valence-corrected chi connectivity index (χ4v) is 4.54. The molecule has 1 amide bonds. The number of carbonyl (C=O) groups excluding carboxylic acids is 1. The predicted octanol–water partition coefficient (Wildman–Crippen LogP) is 1.92. The molecule has 6 nitrogen and oxygen atoms in total. The zero-order chi connectivity index (χ0) is 20.4. The van der Waals surface area contributed by atoms with Crippen molar-refractivity contribution < 1.29 is 9.69 Å². The van der Waals surface area contributed by atoms with Gasteiger partial charge in [-0.05, 0) is 62.5 Å². The van der Waals surface area contributed by atoms with E-state index in [0.29, 0.717) is 27.8 Å². The van der Waals surface area contributed by atoms with Crippen molar-refractivity contribution in [3.63, 3.8) is 0 Å². The number of likely N-dealkylation sites (N-methyl/N-ethyl adjacent to an activating group) is 1. The Labute approximate surface area is 175 Å². The number of carbonyl (C=O) groups is 1. The van der Waals surface area contributed by atoms with Gasteiger partial charge in [0, 0.05) is 12.1 Å². The van der Waals surface area contributed by atoms with Gasteiger partial charge in [-0.1, -0.05) is 11.6 Å². The summed E-state index contributed by atoms with van der Waals surface area (Å²) < 4.78 is 2.07. The largest absolute Gasteiger partial charge is 0.334 e. The molecule has 7 heteroatoms. The minimum Gasteiger partial charge on any atom is -0.334 e. The second kappa shape index (κ2) is 8.63. The summed E-state index contributed by atoms with van der Waals surface area (Å²) in [7, 11) is 2.15. The molecule has 29 heavy (non-hydrogen) atoms. The molecular formula is C22H29N4O2S+. The maximum Gasteiger partial charge on any atom is 0.262 e. The molecule has 1 aliphatic carbocycles.